The number of nitro groups is 1. The van der Waals surface area contributed by atoms with Gasteiger partial charge in [0.2, 0.25) is 0 Å². The molecule has 0 spiro atoms. The van der Waals surface area contributed by atoms with E-state index in [4.69, 9.17) is 5.11 Å². The molecule has 5 nitrogen and oxygen atoms in total. The molecule has 0 saturated carbocycles. The summed E-state index contributed by atoms with van der Waals surface area (Å²) in [5, 5.41) is 19.5. The van der Waals surface area contributed by atoms with Gasteiger partial charge in [0.05, 0.1) is 11.5 Å². The van der Waals surface area contributed by atoms with Crippen molar-refractivity contribution in [2.45, 2.75) is 13.0 Å². The summed E-state index contributed by atoms with van der Waals surface area (Å²) in [6, 6.07) is 5.03. The van der Waals surface area contributed by atoms with E-state index in [1.54, 1.807) is 12.1 Å². The Kier molecular flexibility index (Phi) is 3.17. The van der Waals surface area contributed by atoms with Crippen molar-refractivity contribution in [3.05, 3.63) is 39.4 Å². The van der Waals surface area contributed by atoms with Crippen LogP contribution in [0.5, 0.6) is 0 Å². The number of nitrogens with zero attached hydrogens (tertiary/aromatic N) is 2. The first-order chi connectivity index (χ1) is 7.70. The molecule has 1 aliphatic heterocycles. The average molecular weight is 222 g/mol. The predicted octanol–water partition coefficient (Wildman–Crippen LogP) is 0.945. The Bertz CT molecular complexity index is 406. The molecule has 1 aromatic rings. The van der Waals surface area contributed by atoms with Crippen molar-refractivity contribution in [3.8, 4) is 0 Å². The SMILES string of the molecule is O=[N+]([O-])c1ccc2c(c1)CN(CCO)CC2. The molecule has 16 heavy (non-hydrogen) atoms. The third-order valence-electron chi connectivity index (χ3n) is 2.91. The topological polar surface area (TPSA) is 66.6 Å². The summed E-state index contributed by atoms with van der Waals surface area (Å²) in [5.74, 6) is 0. The van der Waals surface area contributed by atoms with Crippen molar-refractivity contribution in [1.82, 2.24) is 4.90 Å². The molecule has 0 aliphatic carbocycles. The summed E-state index contributed by atoms with van der Waals surface area (Å²) < 4.78 is 0. The van der Waals surface area contributed by atoms with Crippen molar-refractivity contribution in [1.29, 1.82) is 0 Å². The summed E-state index contributed by atoms with van der Waals surface area (Å²) >= 11 is 0. The van der Waals surface area contributed by atoms with Crippen LogP contribution in [0.25, 0.3) is 0 Å². The lowest BCUT2D eigenvalue weighted by molar-refractivity contribution is -0.385. The molecule has 1 aliphatic rings. The molecule has 5 heteroatoms. The third-order valence-corrected chi connectivity index (χ3v) is 2.91. The first-order valence-electron chi connectivity index (χ1n) is 5.30. The molecule has 1 heterocycles. The number of non-ortho nitro benzene ring substituents is 1. The summed E-state index contributed by atoms with van der Waals surface area (Å²) in [4.78, 5) is 12.4. The Morgan fingerprint density at radius 2 is 2.25 bits per heavy atom. The van der Waals surface area contributed by atoms with Crippen molar-refractivity contribution in [2.24, 2.45) is 0 Å². The van der Waals surface area contributed by atoms with Crippen LogP contribution in [-0.2, 0) is 13.0 Å². The van der Waals surface area contributed by atoms with E-state index in [1.165, 1.54) is 5.56 Å². The fourth-order valence-corrected chi connectivity index (χ4v) is 2.05. The van der Waals surface area contributed by atoms with Crippen LogP contribution < -0.4 is 0 Å². The van der Waals surface area contributed by atoms with Gasteiger partial charge in [-0.2, -0.15) is 0 Å². The van der Waals surface area contributed by atoms with E-state index in [0.717, 1.165) is 18.5 Å². The number of rotatable bonds is 3. The van der Waals surface area contributed by atoms with Crippen LogP contribution in [0.2, 0.25) is 0 Å². The highest BCUT2D eigenvalue weighted by Crippen LogP contribution is 2.23. The number of hydrogen-bond donors (Lipinski definition) is 1. The van der Waals surface area contributed by atoms with Gasteiger partial charge in [0, 0.05) is 31.8 Å². The van der Waals surface area contributed by atoms with Crippen LogP contribution in [0.4, 0.5) is 5.69 Å². The predicted molar refractivity (Wildman–Crippen MR) is 59.2 cm³/mol. The molecule has 0 unspecified atom stereocenters. The Hall–Kier alpha value is -1.46. The van der Waals surface area contributed by atoms with Crippen molar-refractivity contribution in [3.63, 3.8) is 0 Å². The quantitative estimate of drug-likeness (QED) is 0.610. The zero-order valence-electron chi connectivity index (χ0n) is 8.93. The van der Waals surface area contributed by atoms with E-state index in [9.17, 15) is 10.1 Å². The van der Waals surface area contributed by atoms with Gasteiger partial charge in [-0.05, 0) is 17.5 Å². The van der Waals surface area contributed by atoms with Gasteiger partial charge in [0.25, 0.3) is 5.69 Å². The van der Waals surface area contributed by atoms with E-state index >= 15 is 0 Å². The van der Waals surface area contributed by atoms with Gasteiger partial charge < -0.3 is 5.11 Å². The summed E-state index contributed by atoms with van der Waals surface area (Å²) in [6.45, 7) is 2.36. The fourth-order valence-electron chi connectivity index (χ4n) is 2.05. The van der Waals surface area contributed by atoms with Gasteiger partial charge >= 0.3 is 0 Å². The highest BCUT2D eigenvalue weighted by molar-refractivity contribution is 5.40. The monoisotopic (exact) mass is 222 g/mol. The standard InChI is InChI=1S/C11H14N2O3/c14-6-5-12-4-3-9-1-2-11(13(15)16)7-10(9)8-12/h1-2,7,14H,3-6,8H2. The minimum atomic E-state index is -0.370. The highest BCUT2D eigenvalue weighted by Gasteiger charge is 2.18. The van der Waals surface area contributed by atoms with E-state index in [2.05, 4.69) is 4.90 Å². The summed E-state index contributed by atoms with van der Waals surface area (Å²) in [7, 11) is 0. The number of benzene rings is 1. The molecule has 0 fully saturated rings. The summed E-state index contributed by atoms with van der Waals surface area (Å²) in [5.41, 5.74) is 2.33. The highest BCUT2D eigenvalue weighted by atomic mass is 16.6. The van der Waals surface area contributed by atoms with E-state index in [-0.39, 0.29) is 17.2 Å². The normalized spacial score (nSPS) is 15.8. The van der Waals surface area contributed by atoms with Crippen molar-refractivity contribution < 1.29 is 10.0 Å². The van der Waals surface area contributed by atoms with E-state index in [1.807, 2.05) is 6.07 Å². The Morgan fingerprint density at radius 3 is 2.94 bits per heavy atom. The maximum atomic E-state index is 10.6. The number of fused-ring (bicyclic) bond motifs is 1. The van der Waals surface area contributed by atoms with Crippen LogP contribution in [0.3, 0.4) is 0 Å². The van der Waals surface area contributed by atoms with Gasteiger partial charge in [0.15, 0.2) is 0 Å². The minimum Gasteiger partial charge on any atom is -0.395 e. The molecule has 86 valence electrons. The third kappa shape index (κ3) is 2.20. The van der Waals surface area contributed by atoms with Crippen LogP contribution in [0.15, 0.2) is 18.2 Å². The molecule has 0 amide bonds. The van der Waals surface area contributed by atoms with Gasteiger partial charge in [0.1, 0.15) is 0 Å². The molecule has 1 N–H and O–H groups in total. The Labute approximate surface area is 93.5 Å². The molecule has 1 aromatic carbocycles. The molecule has 0 bridgehead atoms. The largest absolute Gasteiger partial charge is 0.395 e. The number of aliphatic hydroxyl groups excluding tert-OH is 1. The molecular formula is C11H14N2O3. The van der Waals surface area contributed by atoms with Gasteiger partial charge in [-0.3, -0.25) is 15.0 Å². The van der Waals surface area contributed by atoms with Gasteiger partial charge in [-0.1, -0.05) is 6.07 Å². The van der Waals surface area contributed by atoms with Crippen LogP contribution >= 0.6 is 0 Å². The Morgan fingerprint density at radius 1 is 1.44 bits per heavy atom. The first kappa shape index (κ1) is 11.0. The number of nitro benzene ring substituents is 1. The minimum absolute atomic E-state index is 0.129. The van der Waals surface area contributed by atoms with Crippen LogP contribution in [-0.4, -0.2) is 34.6 Å². The van der Waals surface area contributed by atoms with Crippen molar-refractivity contribution in [2.75, 3.05) is 19.7 Å². The van der Waals surface area contributed by atoms with Crippen LogP contribution in [0, 0.1) is 10.1 Å². The molecule has 0 radical (unpaired) electrons. The lowest BCUT2D eigenvalue weighted by Crippen LogP contribution is -2.32. The van der Waals surface area contributed by atoms with Gasteiger partial charge in [-0.15, -0.1) is 0 Å². The maximum absolute atomic E-state index is 10.6. The van der Waals surface area contributed by atoms with E-state index in [0.29, 0.717) is 13.1 Å². The first-order valence-corrected chi connectivity index (χ1v) is 5.30. The number of hydrogen-bond acceptors (Lipinski definition) is 4. The summed E-state index contributed by atoms with van der Waals surface area (Å²) in [6.07, 6.45) is 0.896. The second-order valence-electron chi connectivity index (χ2n) is 3.96. The zero-order chi connectivity index (χ0) is 11.5. The van der Waals surface area contributed by atoms with Gasteiger partial charge in [-0.25, -0.2) is 0 Å². The second-order valence-corrected chi connectivity index (χ2v) is 3.96. The van der Waals surface area contributed by atoms with Crippen molar-refractivity contribution >= 4 is 5.69 Å². The second kappa shape index (κ2) is 4.59. The number of β-amino-alcohol motifs (C(OH)–C–C–N with tert-alkyl or cyclic N) is 1. The maximum Gasteiger partial charge on any atom is 0.269 e. The molecule has 0 aromatic heterocycles. The molecule has 0 atom stereocenters. The van der Waals surface area contributed by atoms with E-state index < -0.39 is 0 Å². The smallest absolute Gasteiger partial charge is 0.269 e. The molecular weight excluding hydrogens is 208 g/mol. The molecule has 0 saturated heterocycles. The zero-order valence-corrected chi connectivity index (χ0v) is 8.93. The average Bonchev–Trinajstić information content (AvgIpc) is 2.28. The number of aliphatic hydroxyl groups is 1. The molecule has 2 rings (SSSR count). The van der Waals surface area contributed by atoms with Crippen LogP contribution in [0.1, 0.15) is 11.1 Å². The lowest BCUT2D eigenvalue weighted by atomic mass is 9.99. The Balaban J connectivity index is 2.21. The fraction of sp³-hybridized carbons (Fsp3) is 0.455. The lowest BCUT2D eigenvalue weighted by Gasteiger charge is -2.27.